The molecular formula is C27H28N4O6. The van der Waals surface area contributed by atoms with E-state index in [-0.39, 0.29) is 17.9 Å². The number of aliphatic hydroxyl groups excluding tert-OH is 1. The molecule has 192 valence electrons. The lowest BCUT2D eigenvalue weighted by Crippen LogP contribution is -2.42. The number of aliphatic hydroxyl groups is 1. The van der Waals surface area contributed by atoms with Gasteiger partial charge >= 0.3 is 5.97 Å². The van der Waals surface area contributed by atoms with Crippen molar-refractivity contribution >= 4 is 29.1 Å². The molecule has 10 heteroatoms. The van der Waals surface area contributed by atoms with Gasteiger partial charge in [-0.25, -0.2) is 9.78 Å². The fourth-order valence-electron chi connectivity index (χ4n) is 4.98. The molecule has 0 saturated carbocycles. The number of nitrogens with zero attached hydrogens (tertiary/aromatic N) is 4. The lowest BCUT2D eigenvalue weighted by molar-refractivity contribution is -0.140. The Hall–Kier alpha value is -4.02. The highest BCUT2D eigenvalue weighted by atomic mass is 16.5. The molecule has 1 N–H and O–H groups in total. The number of benzene rings is 1. The van der Waals surface area contributed by atoms with Gasteiger partial charge in [-0.2, -0.15) is 0 Å². The van der Waals surface area contributed by atoms with Crippen molar-refractivity contribution in [3.63, 3.8) is 0 Å². The third kappa shape index (κ3) is 4.49. The molecule has 4 heterocycles. The minimum absolute atomic E-state index is 0.00783. The first-order valence-corrected chi connectivity index (χ1v) is 12.1. The fourth-order valence-corrected chi connectivity index (χ4v) is 4.98. The number of methoxy groups -OCH3 is 1. The topological polar surface area (TPSA) is 114 Å². The first kappa shape index (κ1) is 24.7. The number of morpholine rings is 1. The summed E-state index contributed by atoms with van der Waals surface area (Å²) in [6, 6.07) is 11.1. The van der Waals surface area contributed by atoms with Crippen LogP contribution in [-0.4, -0.2) is 88.5 Å². The molecule has 0 unspecified atom stereocenters. The summed E-state index contributed by atoms with van der Waals surface area (Å²) >= 11 is 0. The van der Waals surface area contributed by atoms with Gasteiger partial charge < -0.3 is 19.5 Å². The van der Waals surface area contributed by atoms with Gasteiger partial charge in [0.25, 0.3) is 11.7 Å². The number of ether oxygens (including phenoxy) is 2. The van der Waals surface area contributed by atoms with E-state index in [1.807, 2.05) is 6.07 Å². The van der Waals surface area contributed by atoms with Crippen LogP contribution in [-0.2, 0) is 19.1 Å². The van der Waals surface area contributed by atoms with E-state index >= 15 is 0 Å². The Labute approximate surface area is 213 Å². The summed E-state index contributed by atoms with van der Waals surface area (Å²) in [5, 5.41) is 11.5. The van der Waals surface area contributed by atoms with E-state index in [4.69, 9.17) is 9.47 Å². The number of Topliss-reactive ketones (excluding diaryl/α,β-unsaturated/α-hetero) is 1. The van der Waals surface area contributed by atoms with Crippen molar-refractivity contribution in [3.8, 4) is 0 Å². The van der Waals surface area contributed by atoms with Gasteiger partial charge in [0, 0.05) is 32.4 Å². The van der Waals surface area contributed by atoms with E-state index in [2.05, 4.69) is 9.88 Å². The van der Waals surface area contributed by atoms with E-state index in [0.717, 1.165) is 13.1 Å². The molecule has 1 atom stereocenters. The normalized spacial score (nSPS) is 20.1. The molecule has 3 aromatic rings. The highest BCUT2D eigenvalue weighted by Crippen LogP contribution is 2.40. The Morgan fingerprint density at radius 2 is 1.84 bits per heavy atom. The fraction of sp³-hybridized carbons (Fsp3) is 0.333. The molecule has 2 aliphatic heterocycles. The number of hydrogen-bond acceptors (Lipinski definition) is 8. The number of rotatable bonds is 6. The minimum Gasteiger partial charge on any atom is -0.505 e. The first-order chi connectivity index (χ1) is 17.9. The van der Waals surface area contributed by atoms with Crippen LogP contribution < -0.4 is 0 Å². The molecule has 2 aromatic heterocycles. The van der Waals surface area contributed by atoms with E-state index in [0.29, 0.717) is 47.9 Å². The lowest BCUT2D eigenvalue weighted by Gasteiger charge is -2.31. The monoisotopic (exact) mass is 504 g/mol. The zero-order valence-corrected chi connectivity index (χ0v) is 20.7. The second-order valence-electron chi connectivity index (χ2n) is 9.03. The zero-order chi connectivity index (χ0) is 26.1. The van der Waals surface area contributed by atoms with Crippen LogP contribution in [0.1, 0.15) is 33.4 Å². The average Bonchev–Trinajstić information content (AvgIpc) is 3.39. The largest absolute Gasteiger partial charge is 0.505 e. The lowest BCUT2D eigenvalue weighted by atomic mass is 9.95. The van der Waals surface area contributed by atoms with Crippen molar-refractivity contribution in [3.05, 3.63) is 76.7 Å². The van der Waals surface area contributed by atoms with Gasteiger partial charge in [0.1, 0.15) is 11.3 Å². The molecule has 2 fully saturated rings. The molecule has 0 spiro atoms. The van der Waals surface area contributed by atoms with Crippen LogP contribution >= 0.6 is 0 Å². The number of amides is 1. The molecule has 37 heavy (non-hydrogen) atoms. The number of carbonyl (C=O) groups excluding carboxylic acids is 3. The minimum atomic E-state index is -0.832. The quantitative estimate of drug-likeness (QED) is 0.235. The summed E-state index contributed by atoms with van der Waals surface area (Å²) in [5.41, 5.74) is 2.44. The predicted octanol–water partition coefficient (Wildman–Crippen LogP) is 2.18. The Balaban J connectivity index is 1.60. The van der Waals surface area contributed by atoms with Crippen molar-refractivity contribution in [1.82, 2.24) is 19.2 Å². The molecular weight excluding hydrogens is 476 g/mol. The van der Waals surface area contributed by atoms with Crippen molar-refractivity contribution in [2.24, 2.45) is 0 Å². The molecule has 2 aliphatic rings. The number of fused-ring (bicyclic) bond motifs is 1. The maximum Gasteiger partial charge on any atom is 0.337 e. The zero-order valence-electron chi connectivity index (χ0n) is 20.7. The standard InChI is InChI=1S/C27H28N4O6/c1-17-22(30-10-4-3-5-20(30)28-17)24(32)21-23(18-6-8-19(9-7-18)27(35)36-2)31(26(34)25(21)33)12-11-29-13-15-37-16-14-29/h3-10,23,32H,11-16H2,1-2H3/t23-/m1/s1. The summed E-state index contributed by atoms with van der Waals surface area (Å²) in [4.78, 5) is 46.8. The Morgan fingerprint density at radius 3 is 2.54 bits per heavy atom. The summed E-state index contributed by atoms with van der Waals surface area (Å²) in [6.07, 6.45) is 1.75. The number of imidazole rings is 1. The first-order valence-electron chi connectivity index (χ1n) is 12.1. The second-order valence-corrected chi connectivity index (χ2v) is 9.03. The third-order valence-electron chi connectivity index (χ3n) is 6.88. The maximum absolute atomic E-state index is 13.4. The number of ketones is 1. The van der Waals surface area contributed by atoms with Gasteiger partial charge in [0.2, 0.25) is 0 Å². The van der Waals surface area contributed by atoms with Crippen LogP contribution in [0.5, 0.6) is 0 Å². The van der Waals surface area contributed by atoms with Crippen molar-refractivity contribution in [1.29, 1.82) is 0 Å². The van der Waals surface area contributed by atoms with Crippen LogP contribution in [0.25, 0.3) is 11.4 Å². The molecule has 1 amide bonds. The van der Waals surface area contributed by atoms with Crippen LogP contribution in [0, 0.1) is 6.92 Å². The van der Waals surface area contributed by atoms with Gasteiger partial charge in [-0.1, -0.05) is 18.2 Å². The number of pyridine rings is 1. The van der Waals surface area contributed by atoms with Crippen LogP contribution in [0.4, 0.5) is 0 Å². The van der Waals surface area contributed by atoms with Crippen molar-refractivity contribution < 1.29 is 29.0 Å². The molecule has 1 aromatic carbocycles. The number of aryl methyl sites for hydroxylation is 1. The summed E-state index contributed by atoms with van der Waals surface area (Å²) in [7, 11) is 1.30. The number of carbonyl (C=O) groups is 3. The Morgan fingerprint density at radius 1 is 1.11 bits per heavy atom. The SMILES string of the molecule is COC(=O)c1ccc([C@@H]2C(=C(O)c3c(C)nc4ccccn34)C(=O)C(=O)N2CCN2CCOCC2)cc1. The summed E-state index contributed by atoms with van der Waals surface area (Å²) in [5.74, 6) is -2.21. The van der Waals surface area contributed by atoms with Crippen LogP contribution in [0.3, 0.4) is 0 Å². The predicted molar refractivity (Wildman–Crippen MR) is 134 cm³/mol. The van der Waals surface area contributed by atoms with E-state index in [9.17, 15) is 19.5 Å². The highest BCUT2D eigenvalue weighted by Gasteiger charge is 2.46. The van der Waals surface area contributed by atoms with Gasteiger partial charge in [0.15, 0.2) is 5.76 Å². The summed E-state index contributed by atoms with van der Waals surface area (Å²) < 4.78 is 11.9. The Bertz CT molecular complexity index is 1390. The number of esters is 1. The molecule has 10 nitrogen and oxygen atoms in total. The van der Waals surface area contributed by atoms with E-state index in [1.165, 1.54) is 12.0 Å². The van der Waals surface area contributed by atoms with Gasteiger partial charge in [-0.15, -0.1) is 0 Å². The number of hydrogen-bond donors (Lipinski definition) is 1. The van der Waals surface area contributed by atoms with Gasteiger partial charge in [-0.05, 0) is 36.8 Å². The van der Waals surface area contributed by atoms with E-state index < -0.39 is 23.7 Å². The van der Waals surface area contributed by atoms with Gasteiger partial charge in [0.05, 0.1) is 43.2 Å². The van der Waals surface area contributed by atoms with Crippen LogP contribution in [0.2, 0.25) is 0 Å². The number of likely N-dealkylation sites (tertiary alicyclic amines) is 1. The average molecular weight is 505 g/mol. The van der Waals surface area contributed by atoms with Gasteiger partial charge in [-0.3, -0.25) is 18.9 Å². The van der Waals surface area contributed by atoms with Crippen LogP contribution in [0.15, 0.2) is 54.2 Å². The van der Waals surface area contributed by atoms with Crippen molar-refractivity contribution in [2.75, 3.05) is 46.5 Å². The molecule has 0 bridgehead atoms. The second kappa shape index (κ2) is 10.2. The summed E-state index contributed by atoms with van der Waals surface area (Å²) in [6.45, 7) is 5.30. The molecule has 2 saturated heterocycles. The molecule has 5 rings (SSSR count). The maximum atomic E-state index is 13.4. The Kier molecular flexibility index (Phi) is 6.77. The smallest absolute Gasteiger partial charge is 0.337 e. The number of aromatic nitrogens is 2. The van der Waals surface area contributed by atoms with Crippen molar-refractivity contribution in [2.45, 2.75) is 13.0 Å². The van der Waals surface area contributed by atoms with E-state index in [1.54, 1.807) is 53.9 Å². The molecule has 0 radical (unpaired) electrons. The highest BCUT2D eigenvalue weighted by molar-refractivity contribution is 6.46. The third-order valence-corrected chi connectivity index (χ3v) is 6.88. The molecule has 0 aliphatic carbocycles.